The van der Waals surface area contributed by atoms with Crippen LogP contribution >= 0.6 is 0 Å². The summed E-state index contributed by atoms with van der Waals surface area (Å²) in [6, 6.07) is 0. The Labute approximate surface area is 185 Å². The lowest BCUT2D eigenvalue weighted by Gasteiger charge is -2.31. The normalized spacial score (nSPS) is 30.0. The van der Waals surface area contributed by atoms with Gasteiger partial charge in [0.25, 0.3) is 0 Å². The molecule has 0 saturated heterocycles. The fraction of sp³-hybridized carbons (Fsp3) is 0.778. The summed E-state index contributed by atoms with van der Waals surface area (Å²) in [6.07, 6.45) is 13.3. The summed E-state index contributed by atoms with van der Waals surface area (Å²) < 4.78 is 0. The van der Waals surface area contributed by atoms with Crippen LogP contribution in [0.1, 0.15) is 79.6 Å². The van der Waals surface area contributed by atoms with Crippen molar-refractivity contribution >= 4 is 0 Å². The van der Waals surface area contributed by atoms with E-state index in [2.05, 4.69) is 56.7 Å². The summed E-state index contributed by atoms with van der Waals surface area (Å²) in [5, 5.41) is 20.9. The zero-order valence-corrected chi connectivity index (χ0v) is 20.2. The molecule has 2 N–H and O–H groups in total. The van der Waals surface area contributed by atoms with Crippen LogP contribution in [0, 0.1) is 35.5 Å². The lowest BCUT2D eigenvalue weighted by atomic mass is 9.89. The molecule has 0 bridgehead atoms. The van der Waals surface area contributed by atoms with E-state index in [-0.39, 0.29) is 23.5 Å². The Balaban J connectivity index is 1.81. The predicted octanol–water partition coefficient (Wildman–Crippen LogP) is 5.19. The zero-order chi connectivity index (χ0) is 22.3. The van der Waals surface area contributed by atoms with Crippen LogP contribution in [0.4, 0.5) is 0 Å². The maximum Gasteiger partial charge on any atom is 0.0755 e. The van der Waals surface area contributed by atoms with Gasteiger partial charge < -0.3 is 15.1 Å². The van der Waals surface area contributed by atoms with Gasteiger partial charge in [-0.05, 0) is 97.6 Å². The summed E-state index contributed by atoms with van der Waals surface area (Å²) in [5.41, 5.74) is 1.84. The molecule has 0 spiro atoms. The molecule has 0 amide bonds. The molecule has 3 nitrogen and oxygen atoms in total. The Morgan fingerprint density at radius 1 is 1.23 bits per heavy atom. The molecule has 30 heavy (non-hydrogen) atoms. The van der Waals surface area contributed by atoms with Crippen LogP contribution in [0.2, 0.25) is 0 Å². The summed E-state index contributed by atoms with van der Waals surface area (Å²) >= 11 is 0. The van der Waals surface area contributed by atoms with Crippen LogP contribution in [-0.4, -0.2) is 46.5 Å². The van der Waals surface area contributed by atoms with Gasteiger partial charge >= 0.3 is 0 Å². The second kappa shape index (κ2) is 11.5. The van der Waals surface area contributed by atoms with Gasteiger partial charge in [-0.15, -0.1) is 11.8 Å². The fourth-order valence-electron chi connectivity index (χ4n) is 4.89. The van der Waals surface area contributed by atoms with Crippen LogP contribution in [0.3, 0.4) is 0 Å². The Bertz CT molecular complexity index is 648. The molecule has 0 aromatic carbocycles. The number of rotatable bonds is 9. The van der Waals surface area contributed by atoms with E-state index in [4.69, 9.17) is 0 Å². The predicted molar refractivity (Wildman–Crippen MR) is 127 cm³/mol. The van der Waals surface area contributed by atoms with E-state index in [9.17, 15) is 10.2 Å². The van der Waals surface area contributed by atoms with E-state index in [0.29, 0.717) is 18.3 Å². The summed E-state index contributed by atoms with van der Waals surface area (Å²) in [4.78, 5) is 2.43. The highest BCUT2D eigenvalue weighted by Gasteiger charge is 2.44. The highest BCUT2D eigenvalue weighted by atomic mass is 16.3. The third-order valence-corrected chi connectivity index (χ3v) is 7.35. The molecule has 3 heteroatoms. The monoisotopic (exact) mass is 415 g/mol. The molecule has 0 aromatic rings. The number of hydrogen-bond donors (Lipinski definition) is 2. The van der Waals surface area contributed by atoms with Crippen LogP contribution in [0.25, 0.3) is 0 Å². The summed E-state index contributed by atoms with van der Waals surface area (Å²) in [6.45, 7) is 11.8. The number of allylic oxidation sites excluding steroid dienone is 2. The molecule has 6 atom stereocenters. The molecule has 2 fully saturated rings. The molecule has 0 radical (unpaired) electrons. The van der Waals surface area contributed by atoms with Crippen molar-refractivity contribution in [2.24, 2.45) is 23.7 Å². The van der Waals surface area contributed by atoms with E-state index in [0.717, 1.165) is 25.8 Å². The van der Waals surface area contributed by atoms with Gasteiger partial charge in [0.2, 0.25) is 0 Å². The summed E-state index contributed by atoms with van der Waals surface area (Å²) in [7, 11) is 2.21. The molecule has 2 aliphatic carbocycles. The van der Waals surface area contributed by atoms with Gasteiger partial charge in [-0.25, -0.2) is 0 Å². The topological polar surface area (TPSA) is 43.7 Å². The summed E-state index contributed by atoms with van der Waals surface area (Å²) in [5.74, 6) is 7.39. The number of nitrogens with zero attached hydrogens (tertiary/aromatic N) is 1. The van der Waals surface area contributed by atoms with Gasteiger partial charge in [-0.3, -0.25) is 0 Å². The van der Waals surface area contributed by atoms with Crippen LogP contribution in [0.15, 0.2) is 23.8 Å². The lowest BCUT2D eigenvalue weighted by molar-refractivity contribution is 0.137. The van der Waals surface area contributed by atoms with E-state index >= 15 is 0 Å². The minimum atomic E-state index is -0.486. The lowest BCUT2D eigenvalue weighted by Crippen LogP contribution is -2.38. The zero-order valence-electron chi connectivity index (χ0n) is 20.2. The van der Waals surface area contributed by atoms with Crippen molar-refractivity contribution in [3.63, 3.8) is 0 Å². The first kappa shape index (κ1) is 25.2. The largest absolute Gasteiger partial charge is 0.392 e. The third-order valence-electron chi connectivity index (χ3n) is 7.35. The minimum absolute atomic E-state index is 0.124. The second-order valence-corrected chi connectivity index (χ2v) is 10.6. The molecule has 0 heterocycles. The Morgan fingerprint density at radius 2 is 1.97 bits per heavy atom. The molecule has 0 aromatic heterocycles. The van der Waals surface area contributed by atoms with Crippen LogP contribution in [0.5, 0.6) is 0 Å². The van der Waals surface area contributed by atoms with E-state index in [1.165, 1.54) is 19.3 Å². The average Bonchev–Trinajstić information content (AvgIpc) is 3.19. The quantitative estimate of drug-likeness (QED) is 0.309. The van der Waals surface area contributed by atoms with Crippen molar-refractivity contribution in [1.82, 2.24) is 4.90 Å². The molecule has 0 unspecified atom stereocenters. The van der Waals surface area contributed by atoms with Crippen molar-refractivity contribution < 1.29 is 10.2 Å². The van der Waals surface area contributed by atoms with Crippen molar-refractivity contribution in [2.45, 2.75) is 97.3 Å². The number of unbranched alkanes of at least 4 members (excludes halogenated alkanes) is 2. The molecule has 2 rings (SSSR count). The number of hydrogen-bond acceptors (Lipinski definition) is 3. The third kappa shape index (κ3) is 7.26. The maximum atomic E-state index is 10.6. The Hall–Kier alpha value is -1.08. The first-order valence-corrected chi connectivity index (χ1v) is 12.0. The highest BCUT2D eigenvalue weighted by molar-refractivity contribution is 5.18. The molecular weight excluding hydrogens is 370 g/mol. The molecule has 2 aliphatic rings. The van der Waals surface area contributed by atoms with Gasteiger partial charge in [0.05, 0.1) is 12.2 Å². The van der Waals surface area contributed by atoms with Gasteiger partial charge in [0, 0.05) is 17.9 Å². The Morgan fingerprint density at radius 3 is 2.63 bits per heavy atom. The van der Waals surface area contributed by atoms with E-state index in [1.54, 1.807) is 5.57 Å². The van der Waals surface area contributed by atoms with Crippen molar-refractivity contribution in [2.75, 3.05) is 13.6 Å². The van der Waals surface area contributed by atoms with Crippen LogP contribution < -0.4 is 0 Å². The standard InChI is InChI=1S/C27H45NO2/c1-7-8-12-20(2)25(29)15-14-23-24-18-21(17-22(24)19-26(23)30)13-10-9-11-16-28(6)27(3,4)5/h13-15,20,22-26,29-30H,9-12,16-19H2,1-6H3/b15-14+,21-13+/t20-,22-,23+,24-,25+,26+/m0/s1. The first-order valence-electron chi connectivity index (χ1n) is 12.0. The highest BCUT2D eigenvalue weighted by Crippen LogP contribution is 2.50. The molecule has 0 aliphatic heterocycles. The number of aliphatic hydroxyl groups is 2. The molecule has 170 valence electrons. The van der Waals surface area contributed by atoms with E-state index in [1.807, 2.05) is 19.9 Å². The van der Waals surface area contributed by atoms with Crippen molar-refractivity contribution in [3.8, 4) is 11.8 Å². The van der Waals surface area contributed by atoms with Gasteiger partial charge in [-0.2, -0.15) is 0 Å². The maximum absolute atomic E-state index is 10.6. The molecular formula is C27H45NO2. The van der Waals surface area contributed by atoms with Gasteiger partial charge in [-0.1, -0.05) is 30.7 Å². The SMILES string of the molecule is CC#CC[C@H](C)[C@H](O)/C=C/[C@@H]1[C@H]2C/C(=C/CCCCN(C)C(C)(C)C)C[C@H]2C[C@H]1O. The minimum Gasteiger partial charge on any atom is -0.392 e. The molecule has 2 saturated carbocycles. The Kier molecular flexibility index (Phi) is 9.67. The fourth-order valence-corrected chi connectivity index (χ4v) is 4.89. The smallest absolute Gasteiger partial charge is 0.0755 e. The average molecular weight is 416 g/mol. The first-order chi connectivity index (χ1) is 14.1. The number of aliphatic hydroxyl groups excluding tert-OH is 2. The number of fused-ring (bicyclic) bond motifs is 1. The second-order valence-electron chi connectivity index (χ2n) is 10.6. The van der Waals surface area contributed by atoms with Crippen LogP contribution in [-0.2, 0) is 0 Å². The van der Waals surface area contributed by atoms with Crippen molar-refractivity contribution in [1.29, 1.82) is 0 Å². The van der Waals surface area contributed by atoms with Gasteiger partial charge in [0.15, 0.2) is 0 Å². The van der Waals surface area contributed by atoms with E-state index < -0.39 is 6.10 Å². The van der Waals surface area contributed by atoms with Crippen molar-refractivity contribution in [3.05, 3.63) is 23.8 Å². The van der Waals surface area contributed by atoms with Gasteiger partial charge in [0.1, 0.15) is 0 Å².